The number of benzene rings is 2. The highest BCUT2D eigenvalue weighted by molar-refractivity contribution is 6.03. The Labute approximate surface area is 342 Å². The van der Waals surface area contributed by atoms with Crippen molar-refractivity contribution >= 4 is 18.1 Å². The number of oxime groups is 1. The summed E-state index contributed by atoms with van der Waals surface area (Å²) in [6, 6.07) is 11.9. The van der Waals surface area contributed by atoms with Gasteiger partial charge in [0.05, 0.1) is 44.7 Å². The smallest absolute Gasteiger partial charge is 0.410 e. The van der Waals surface area contributed by atoms with Crippen molar-refractivity contribution in [1.82, 2.24) is 4.90 Å². The molecular weight excluding hydrogens is 744 g/mol. The van der Waals surface area contributed by atoms with E-state index in [-0.39, 0.29) is 77.0 Å². The molecule has 1 heterocycles. The Kier molecular flexibility index (Phi) is 16.3. The lowest BCUT2D eigenvalue weighted by Crippen LogP contribution is -2.70. The Morgan fingerprint density at radius 2 is 1.78 bits per heavy atom. The van der Waals surface area contributed by atoms with Gasteiger partial charge in [0.2, 0.25) is 5.79 Å². The Morgan fingerprint density at radius 3 is 2.47 bits per heavy atom. The van der Waals surface area contributed by atoms with Crippen LogP contribution in [0.5, 0.6) is 17.2 Å². The minimum atomic E-state index is -1.48. The van der Waals surface area contributed by atoms with Gasteiger partial charge in [0.1, 0.15) is 35.2 Å². The molecule has 2 aliphatic carbocycles. The zero-order chi connectivity index (χ0) is 41.7. The van der Waals surface area contributed by atoms with Crippen molar-refractivity contribution in [3.8, 4) is 17.2 Å². The first-order chi connectivity index (χ1) is 28.0. The van der Waals surface area contributed by atoms with E-state index in [2.05, 4.69) is 12.7 Å². The first kappa shape index (κ1) is 44.8. The second-order valence-corrected chi connectivity index (χ2v) is 16.0. The molecule has 5 rings (SSSR count). The van der Waals surface area contributed by atoms with Gasteiger partial charge in [-0.25, -0.2) is 4.79 Å². The first-order valence-corrected chi connectivity index (χ1v) is 20.7. The molecule has 6 unspecified atom stereocenters. The number of rotatable bonds is 22. The Bertz CT molecular complexity index is 1740. The van der Waals surface area contributed by atoms with Gasteiger partial charge in [-0.05, 0) is 101 Å². The number of amides is 1. The van der Waals surface area contributed by atoms with E-state index in [1.54, 1.807) is 42.2 Å². The van der Waals surface area contributed by atoms with E-state index in [1.807, 2.05) is 39.0 Å². The molecule has 0 saturated heterocycles. The average Bonchev–Trinajstić information content (AvgIpc) is 3.20. The minimum absolute atomic E-state index is 0.00876. The minimum Gasteiger partial charge on any atom is -0.459 e. The van der Waals surface area contributed by atoms with Crippen molar-refractivity contribution in [3.63, 3.8) is 0 Å². The molecule has 3 aliphatic rings. The summed E-state index contributed by atoms with van der Waals surface area (Å²) in [5, 5.41) is 34.1. The molecule has 0 aromatic heterocycles. The van der Waals surface area contributed by atoms with E-state index in [1.165, 1.54) is 0 Å². The van der Waals surface area contributed by atoms with Crippen LogP contribution in [-0.2, 0) is 19.0 Å². The van der Waals surface area contributed by atoms with Crippen LogP contribution in [0.3, 0.4) is 0 Å². The van der Waals surface area contributed by atoms with Gasteiger partial charge in [-0.1, -0.05) is 42.3 Å². The quantitative estimate of drug-likeness (QED) is 0.0477. The third kappa shape index (κ3) is 10.7. The maximum Gasteiger partial charge on any atom is 0.410 e. The van der Waals surface area contributed by atoms with Crippen molar-refractivity contribution in [2.45, 2.75) is 96.0 Å². The molecule has 1 saturated carbocycles. The number of allylic oxidation sites excluding steroid dienone is 1. The summed E-state index contributed by atoms with van der Waals surface area (Å²) in [5.41, 5.74) is 2.32. The zero-order valence-electron chi connectivity index (χ0n) is 34.5. The molecule has 13 heteroatoms. The standard InChI is InChI=1S/C45H62N2O11/c1-6-23-55-45-40(47(43(52)54-7-2)19-24-53-25-22-50)29-38(46-58-44(3,4)5)36-27-32(14-8-10-20-48)35(16-9-11-21-49)41(42(36)45)37-28-34(17-18-39(37)57-45)56-33-15-12-13-31(26-33)30-51/h6,12-13,15,17-18,26-28,30,32,35,40-42,48-50H,1,7-11,14,16,19-25,29H2,2-5H3. The molecular formula is C45H62N2O11. The van der Waals surface area contributed by atoms with Crippen molar-refractivity contribution in [2.24, 2.45) is 22.9 Å². The highest BCUT2D eigenvalue weighted by Gasteiger charge is 2.65. The van der Waals surface area contributed by atoms with Gasteiger partial charge in [0.25, 0.3) is 0 Å². The predicted molar refractivity (Wildman–Crippen MR) is 219 cm³/mol. The SMILES string of the molecule is C=CCOC12Oc3ccc(Oc4cccc(C=O)c4)cc3C3C(CCCCO)C(CCCCO)C=C(C(=NOC(C)(C)C)CC1N(CCOCCO)C(=O)OCC)C32. The fraction of sp³-hybridized carbons (Fsp3) is 0.578. The average molecular weight is 807 g/mol. The summed E-state index contributed by atoms with van der Waals surface area (Å²) in [6.07, 6.45) is 8.78. The fourth-order valence-electron chi connectivity index (χ4n) is 8.60. The molecule has 1 amide bonds. The normalized spacial score (nSPS) is 24.2. The van der Waals surface area contributed by atoms with Gasteiger partial charge in [-0.3, -0.25) is 9.69 Å². The number of aliphatic hydroxyl groups excluding tert-OH is 3. The summed E-state index contributed by atoms with van der Waals surface area (Å²) < 4.78 is 32.0. The maximum atomic E-state index is 14.1. The van der Waals surface area contributed by atoms with Gasteiger partial charge in [0.15, 0.2) is 0 Å². The van der Waals surface area contributed by atoms with Crippen LogP contribution in [0, 0.1) is 17.8 Å². The van der Waals surface area contributed by atoms with Gasteiger partial charge in [-0.15, -0.1) is 6.58 Å². The molecule has 6 atom stereocenters. The first-order valence-electron chi connectivity index (χ1n) is 20.7. The lowest BCUT2D eigenvalue weighted by Gasteiger charge is -2.59. The molecule has 318 valence electrons. The second-order valence-electron chi connectivity index (χ2n) is 16.0. The molecule has 58 heavy (non-hydrogen) atoms. The number of hydrogen-bond donors (Lipinski definition) is 3. The summed E-state index contributed by atoms with van der Waals surface area (Å²) in [6.45, 7) is 12.1. The van der Waals surface area contributed by atoms with Crippen molar-refractivity contribution in [1.29, 1.82) is 0 Å². The molecule has 1 aliphatic heterocycles. The van der Waals surface area contributed by atoms with Gasteiger partial charge >= 0.3 is 6.09 Å². The van der Waals surface area contributed by atoms with Crippen molar-refractivity contribution in [2.75, 3.05) is 52.8 Å². The van der Waals surface area contributed by atoms with E-state index in [4.69, 9.17) is 33.7 Å². The van der Waals surface area contributed by atoms with Crippen molar-refractivity contribution < 1.29 is 53.4 Å². The highest BCUT2D eigenvalue weighted by Crippen LogP contribution is 2.62. The van der Waals surface area contributed by atoms with Crippen LogP contribution in [0.15, 0.2) is 71.9 Å². The Balaban J connectivity index is 1.79. The van der Waals surface area contributed by atoms with E-state index >= 15 is 0 Å². The number of carbonyl (C=O) groups is 2. The van der Waals surface area contributed by atoms with Crippen LogP contribution >= 0.6 is 0 Å². The van der Waals surface area contributed by atoms with Crippen LogP contribution in [0.4, 0.5) is 4.79 Å². The lowest BCUT2D eigenvalue weighted by atomic mass is 9.55. The monoisotopic (exact) mass is 806 g/mol. The highest BCUT2D eigenvalue weighted by atomic mass is 16.7. The lowest BCUT2D eigenvalue weighted by molar-refractivity contribution is -0.256. The summed E-state index contributed by atoms with van der Waals surface area (Å²) >= 11 is 0. The predicted octanol–water partition coefficient (Wildman–Crippen LogP) is 7.19. The number of hydrogen-bond acceptors (Lipinski definition) is 12. The number of ether oxygens (including phenoxy) is 5. The molecule has 0 radical (unpaired) electrons. The molecule has 0 bridgehead atoms. The molecule has 13 nitrogen and oxygen atoms in total. The second kappa shape index (κ2) is 21.1. The zero-order valence-corrected chi connectivity index (χ0v) is 34.5. The molecule has 2 aromatic carbocycles. The third-order valence-electron chi connectivity index (χ3n) is 10.9. The molecule has 3 N–H and O–H groups in total. The summed E-state index contributed by atoms with van der Waals surface area (Å²) in [7, 11) is 0. The number of fused-ring (bicyclic) bond motifs is 2. The molecule has 2 aromatic rings. The summed E-state index contributed by atoms with van der Waals surface area (Å²) in [4.78, 5) is 33.5. The Morgan fingerprint density at radius 1 is 1.02 bits per heavy atom. The largest absolute Gasteiger partial charge is 0.459 e. The van der Waals surface area contributed by atoms with Crippen LogP contribution in [0.1, 0.15) is 94.5 Å². The van der Waals surface area contributed by atoms with Crippen molar-refractivity contribution in [3.05, 3.63) is 77.9 Å². The molecule has 1 fully saturated rings. The number of carbonyl (C=O) groups excluding carboxylic acids is 2. The van der Waals surface area contributed by atoms with E-state index in [0.717, 1.165) is 43.1 Å². The van der Waals surface area contributed by atoms with Crippen LogP contribution in [0.25, 0.3) is 0 Å². The molecule has 0 spiro atoms. The van der Waals surface area contributed by atoms with Gasteiger partial charge in [0, 0.05) is 43.2 Å². The number of nitrogens with zero attached hydrogens (tertiary/aromatic N) is 2. The van der Waals surface area contributed by atoms with E-state index in [0.29, 0.717) is 41.4 Å². The third-order valence-corrected chi connectivity index (χ3v) is 10.9. The van der Waals surface area contributed by atoms with Gasteiger partial charge in [-0.2, -0.15) is 0 Å². The number of aldehydes is 1. The van der Waals surface area contributed by atoms with E-state index in [9.17, 15) is 24.9 Å². The van der Waals surface area contributed by atoms with E-state index < -0.39 is 29.4 Å². The Hall–Kier alpha value is -4.27. The number of aliphatic hydroxyl groups is 3. The van der Waals surface area contributed by atoms with Crippen LogP contribution in [-0.4, -0.2) is 109 Å². The summed E-state index contributed by atoms with van der Waals surface area (Å²) in [5.74, 6) is -0.592. The van der Waals surface area contributed by atoms with Crippen LogP contribution < -0.4 is 9.47 Å². The fourth-order valence-corrected chi connectivity index (χ4v) is 8.60. The number of unbranched alkanes of at least 4 members (excludes halogenated alkanes) is 2. The maximum absolute atomic E-state index is 14.1. The van der Waals surface area contributed by atoms with Gasteiger partial charge < -0.3 is 43.8 Å². The van der Waals surface area contributed by atoms with Crippen LogP contribution in [0.2, 0.25) is 0 Å². The topological polar surface area (TPSA) is 166 Å².